The molecule has 1 N–H and O–H groups in total. The topological polar surface area (TPSA) is 38.1 Å². The molecule has 27 heavy (non-hydrogen) atoms. The van der Waals surface area contributed by atoms with E-state index in [9.17, 15) is 0 Å². The van der Waals surface area contributed by atoms with E-state index >= 15 is 0 Å². The fraction of sp³-hybridized carbons (Fsp3) is 0.458. The Morgan fingerprint density at radius 2 is 1.93 bits per heavy atom. The monoisotopic (exact) mass is 360 g/mol. The lowest BCUT2D eigenvalue weighted by molar-refractivity contribution is -0.115. The van der Waals surface area contributed by atoms with Gasteiger partial charge in [-0.15, -0.1) is 0 Å². The summed E-state index contributed by atoms with van der Waals surface area (Å²) in [5, 5.41) is 6.16. The Hall–Kier alpha value is -2.13. The van der Waals surface area contributed by atoms with Crippen LogP contribution in [0.2, 0.25) is 0 Å². The smallest absolute Gasteiger partial charge is 0.226 e. The lowest BCUT2D eigenvalue weighted by Crippen LogP contribution is -2.59. The van der Waals surface area contributed by atoms with Crippen molar-refractivity contribution in [2.45, 2.75) is 46.2 Å². The fourth-order valence-electron chi connectivity index (χ4n) is 5.58. The van der Waals surface area contributed by atoms with Crippen molar-refractivity contribution in [2.24, 2.45) is 23.2 Å². The molecule has 2 bridgehead atoms. The van der Waals surface area contributed by atoms with Gasteiger partial charge in [-0.1, -0.05) is 57.2 Å². The van der Waals surface area contributed by atoms with Crippen LogP contribution >= 0.6 is 0 Å². The van der Waals surface area contributed by atoms with Crippen LogP contribution in [0.3, 0.4) is 0 Å². The zero-order valence-electron chi connectivity index (χ0n) is 16.4. The lowest BCUT2D eigenvalue weighted by atomic mass is 9.45. The van der Waals surface area contributed by atoms with Gasteiger partial charge in [0.1, 0.15) is 6.26 Å². The van der Waals surface area contributed by atoms with Crippen LogP contribution in [0.4, 0.5) is 0 Å². The van der Waals surface area contributed by atoms with Crippen molar-refractivity contribution in [3.63, 3.8) is 0 Å². The summed E-state index contributed by atoms with van der Waals surface area (Å²) in [6.45, 7) is 8.10. The zero-order chi connectivity index (χ0) is 18.6. The van der Waals surface area contributed by atoms with E-state index in [1.165, 1.54) is 23.6 Å². The van der Waals surface area contributed by atoms with Crippen LogP contribution < -0.4 is 5.32 Å². The van der Waals surface area contributed by atoms with E-state index in [0.717, 1.165) is 35.6 Å². The maximum absolute atomic E-state index is 5.84. The van der Waals surface area contributed by atoms with Gasteiger partial charge in [-0.25, -0.2) is 4.98 Å². The molecular weight excluding hydrogens is 332 g/mol. The Morgan fingerprint density at radius 3 is 2.74 bits per heavy atom. The van der Waals surface area contributed by atoms with Crippen LogP contribution in [-0.4, -0.2) is 11.0 Å². The molecule has 6 rings (SSSR count). The van der Waals surface area contributed by atoms with Gasteiger partial charge < -0.3 is 9.73 Å². The maximum atomic E-state index is 5.84. The third-order valence-electron chi connectivity index (χ3n) is 7.47. The van der Waals surface area contributed by atoms with E-state index in [0.29, 0.717) is 17.3 Å². The number of nitrogens with zero attached hydrogens (tertiary/aromatic N) is 1. The number of oxazole rings is 1. The van der Waals surface area contributed by atoms with Crippen molar-refractivity contribution < 1.29 is 4.42 Å². The number of hydrogen-bond acceptors (Lipinski definition) is 3. The van der Waals surface area contributed by atoms with Crippen LogP contribution in [-0.2, 0) is 6.54 Å². The average Bonchev–Trinajstić information content (AvgIpc) is 3.15. The molecule has 3 fully saturated rings. The van der Waals surface area contributed by atoms with Crippen molar-refractivity contribution in [1.29, 1.82) is 0 Å². The predicted octanol–water partition coefficient (Wildman–Crippen LogP) is 5.66. The minimum Gasteiger partial charge on any atom is -0.444 e. The molecule has 3 aliphatic rings. The molecule has 140 valence electrons. The first-order valence-corrected chi connectivity index (χ1v) is 10.2. The Labute approximate surface area is 161 Å². The largest absolute Gasteiger partial charge is 0.444 e. The fourth-order valence-corrected chi connectivity index (χ4v) is 5.58. The summed E-state index contributed by atoms with van der Waals surface area (Å²) in [4.78, 5) is 4.77. The highest BCUT2D eigenvalue weighted by molar-refractivity contribution is 5.94. The van der Waals surface area contributed by atoms with Crippen molar-refractivity contribution in [3.05, 3.63) is 54.4 Å². The highest BCUT2D eigenvalue weighted by Crippen LogP contribution is 2.61. The van der Waals surface area contributed by atoms with Crippen LogP contribution in [0.15, 0.2) is 53.1 Å². The Morgan fingerprint density at radius 1 is 1.11 bits per heavy atom. The van der Waals surface area contributed by atoms with Crippen LogP contribution in [0.5, 0.6) is 0 Å². The van der Waals surface area contributed by atoms with Crippen molar-refractivity contribution in [1.82, 2.24) is 10.3 Å². The zero-order valence-corrected chi connectivity index (χ0v) is 16.4. The first kappa shape index (κ1) is 17.0. The van der Waals surface area contributed by atoms with Gasteiger partial charge in [-0.05, 0) is 52.8 Å². The summed E-state index contributed by atoms with van der Waals surface area (Å²) >= 11 is 0. The third-order valence-corrected chi connectivity index (χ3v) is 7.47. The summed E-state index contributed by atoms with van der Waals surface area (Å²) in [6, 6.07) is 15.3. The molecule has 3 heteroatoms. The number of rotatable bonds is 4. The van der Waals surface area contributed by atoms with Gasteiger partial charge in [0.25, 0.3) is 0 Å². The van der Waals surface area contributed by atoms with E-state index in [4.69, 9.17) is 9.40 Å². The third kappa shape index (κ3) is 2.71. The molecule has 0 aliphatic heterocycles. The van der Waals surface area contributed by atoms with E-state index in [2.05, 4.69) is 68.6 Å². The average molecular weight is 361 g/mol. The van der Waals surface area contributed by atoms with Gasteiger partial charge in [0.05, 0.1) is 5.69 Å². The minimum absolute atomic E-state index is 0.535. The molecule has 1 unspecified atom stereocenters. The summed E-state index contributed by atoms with van der Waals surface area (Å²) in [6.07, 6.45) is 4.52. The summed E-state index contributed by atoms with van der Waals surface area (Å²) < 4.78 is 5.84. The van der Waals surface area contributed by atoms with Crippen LogP contribution in [0.25, 0.3) is 22.2 Å². The van der Waals surface area contributed by atoms with Gasteiger partial charge in [-0.3, -0.25) is 0 Å². The van der Waals surface area contributed by atoms with E-state index in [-0.39, 0.29) is 0 Å². The Kier molecular flexibility index (Phi) is 3.90. The highest BCUT2D eigenvalue weighted by atomic mass is 16.3. The second-order valence-corrected chi connectivity index (χ2v) is 9.11. The molecule has 3 aromatic rings. The van der Waals surface area contributed by atoms with Crippen LogP contribution in [0, 0.1) is 23.2 Å². The standard InChI is InChI=1S/C24H28N2O/c1-15-21-11-17(24(21,2)3)12-22(15)25-13-18-14-27-23(26-18)20-10-6-8-16-7-4-5-9-19(16)20/h4-10,14-15,17,21-22,25H,11-13H2,1-3H3/t15-,17+,21-,22?/m1/s1. The van der Waals surface area contributed by atoms with Crippen molar-refractivity contribution >= 4 is 10.8 Å². The highest BCUT2D eigenvalue weighted by Gasteiger charge is 2.55. The molecule has 0 amide bonds. The van der Waals surface area contributed by atoms with E-state index in [1.807, 2.05) is 6.26 Å². The molecule has 3 nitrogen and oxygen atoms in total. The SMILES string of the molecule is C[C@H]1C(NCc2coc(-c3cccc4ccccc34)n2)C[C@@H]2C[C@H]1C2(C)C. The van der Waals surface area contributed by atoms with Gasteiger partial charge in [0, 0.05) is 18.2 Å². The van der Waals surface area contributed by atoms with Gasteiger partial charge >= 0.3 is 0 Å². The summed E-state index contributed by atoms with van der Waals surface area (Å²) in [5.74, 6) is 3.18. The Bertz CT molecular complexity index is 968. The minimum atomic E-state index is 0.535. The molecule has 4 atom stereocenters. The molecular formula is C24H28N2O. The van der Waals surface area contributed by atoms with Crippen molar-refractivity contribution in [2.75, 3.05) is 0 Å². The van der Waals surface area contributed by atoms with Crippen LogP contribution in [0.1, 0.15) is 39.3 Å². The first-order chi connectivity index (χ1) is 13.0. The molecule has 0 saturated heterocycles. The second-order valence-electron chi connectivity index (χ2n) is 9.11. The molecule has 3 saturated carbocycles. The molecule has 0 radical (unpaired) electrons. The van der Waals surface area contributed by atoms with Crippen molar-refractivity contribution in [3.8, 4) is 11.5 Å². The predicted molar refractivity (Wildman–Crippen MR) is 109 cm³/mol. The van der Waals surface area contributed by atoms with E-state index in [1.54, 1.807) is 0 Å². The molecule has 2 aromatic carbocycles. The molecule has 1 heterocycles. The molecule has 1 aromatic heterocycles. The maximum Gasteiger partial charge on any atom is 0.226 e. The van der Waals surface area contributed by atoms with Gasteiger partial charge in [0.15, 0.2) is 0 Å². The summed E-state index contributed by atoms with van der Waals surface area (Å²) in [7, 11) is 0. The lowest BCUT2D eigenvalue weighted by Gasteiger charge is -2.62. The first-order valence-electron chi connectivity index (χ1n) is 10.2. The molecule has 0 spiro atoms. The normalized spacial score (nSPS) is 28.9. The number of nitrogens with one attached hydrogen (secondary N) is 1. The molecule has 3 aliphatic carbocycles. The number of hydrogen-bond donors (Lipinski definition) is 1. The second kappa shape index (κ2) is 6.20. The Balaban J connectivity index is 1.31. The number of aromatic nitrogens is 1. The van der Waals surface area contributed by atoms with E-state index < -0.39 is 0 Å². The quantitative estimate of drug-likeness (QED) is 0.653. The number of fused-ring (bicyclic) bond motifs is 3. The summed E-state index contributed by atoms with van der Waals surface area (Å²) in [5.41, 5.74) is 2.59. The number of benzene rings is 2. The van der Waals surface area contributed by atoms with Gasteiger partial charge in [-0.2, -0.15) is 0 Å². The van der Waals surface area contributed by atoms with Gasteiger partial charge in [0.2, 0.25) is 5.89 Å².